The van der Waals surface area contributed by atoms with Gasteiger partial charge in [0.1, 0.15) is 11.8 Å². The van der Waals surface area contributed by atoms with Gasteiger partial charge in [-0.2, -0.15) is 0 Å². The number of benzene rings is 2. The van der Waals surface area contributed by atoms with Crippen molar-refractivity contribution in [2.24, 2.45) is 0 Å². The third-order valence-electron chi connectivity index (χ3n) is 3.64. The zero-order valence-corrected chi connectivity index (χ0v) is 14.2. The van der Waals surface area contributed by atoms with Crippen molar-refractivity contribution in [2.75, 3.05) is 12.0 Å². The molecule has 0 spiro atoms. The molecule has 0 saturated heterocycles. The number of hydrogen-bond donors (Lipinski definition) is 1. The van der Waals surface area contributed by atoms with Gasteiger partial charge in [0.05, 0.1) is 7.11 Å². The SMILES string of the molecule is CCC(C(=O)O)N(C(=O)c1ccc(Cl)cc1)c1ccc(OC)cc1. The van der Waals surface area contributed by atoms with Crippen LogP contribution in [0.2, 0.25) is 5.02 Å². The molecule has 1 amide bonds. The van der Waals surface area contributed by atoms with Crippen LogP contribution in [0.4, 0.5) is 5.69 Å². The Bertz CT molecular complexity index is 713. The first-order chi connectivity index (χ1) is 11.5. The molecule has 0 aliphatic heterocycles. The van der Waals surface area contributed by atoms with Gasteiger partial charge >= 0.3 is 5.97 Å². The Morgan fingerprint density at radius 2 is 1.71 bits per heavy atom. The molecule has 24 heavy (non-hydrogen) atoms. The lowest BCUT2D eigenvalue weighted by atomic mass is 10.1. The molecule has 2 aromatic rings. The molecule has 1 N–H and O–H groups in total. The van der Waals surface area contributed by atoms with Gasteiger partial charge in [0, 0.05) is 16.3 Å². The molecule has 0 aromatic heterocycles. The number of carboxylic acid groups (broad SMARTS) is 1. The molecule has 1 atom stereocenters. The fourth-order valence-corrected chi connectivity index (χ4v) is 2.51. The Kier molecular flexibility index (Phi) is 5.82. The van der Waals surface area contributed by atoms with E-state index in [4.69, 9.17) is 16.3 Å². The summed E-state index contributed by atoms with van der Waals surface area (Å²) in [5.74, 6) is -0.831. The quantitative estimate of drug-likeness (QED) is 0.861. The molecule has 2 aromatic carbocycles. The molecule has 126 valence electrons. The van der Waals surface area contributed by atoms with E-state index in [2.05, 4.69) is 0 Å². The van der Waals surface area contributed by atoms with Gasteiger partial charge in [-0.1, -0.05) is 18.5 Å². The zero-order valence-electron chi connectivity index (χ0n) is 13.4. The summed E-state index contributed by atoms with van der Waals surface area (Å²) < 4.78 is 5.11. The molecule has 5 nitrogen and oxygen atoms in total. The van der Waals surface area contributed by atoms with Crippen molar-refractivity contribution in [1.29, 1.82) is 0 Å². The van der Waals surface area contributed by atoms with Crippen molar-refractivity contribution in [3.8, 4) is 5.75 Å². The highest BCUT2D eigenvalue weighted by Gasteiger charge is 2.30. The van der Waals surface area contributed by atoms with Crippen LogP contribution < -0.4 is 9.64 Å². The van der Waals surface area contributed by atoms with E-state index in [9.17, 15) is 14.7 Å². The van der Waals surface area contributed by atoms with Crippen LogP contribution in [0, 0.1) is 0 Å². The van der Waals surface area contributed by atoms with E-state index in [0.717, 1.165) is 0 Å². The van der Waals surface area contributed by atoms with Crippen molar-refractivity contribution in [2.45, 2.75) is 19.4 Å². The number of carbonyl (C=O) groups is 2. The lowest BCUT2D eigenvalue weighted by Gasteiger charge is -2.28. The number of methoxy groups -OCH3 is 1. The standard InChI is InChI=1S/C18H18ClNO4/c1-3-16(18(22)23)20(14-8-10-15(24-2)11-9-14)17(21)12-4-6-13(19)7-5-12/h4-11,16H,3H2,1-2H3,(H,22,23). The number of rotatable bonds is 6. The monoisotopic (exact) mass is 347 g/mol. The third kappa shape index (κ3) is 3.86. The van der Waals surface area contributed by atoms with E-state index < -0.39 is 17.9 Å². The topological polar surface area (TPSA) is 66.8 Å². The first-order valence-corrected chi connectivity index (χ1v) is 7.81. The van der Waals surface area contributed by atoms with E-state index in [1.165, 1.54) is 12.0 Å². The maximum atomic E-state index is 12.9. The molecule has 6 heteroatoms. The molecule has 0 saturated carbocycles. The van der Waals surface area contributed by atoms with E-state index in [0.29, 0.717) is 22.0 Å². The number of hydrogen-bond acceptors (Lipinski definition) is 3. The van der Waals surface area contributed by atoms with Crippen LogP contribution in [-0.2, 0) is 4.79 Å². The predicted octanol–water partition coefficient (Wildman–Crippen LogP) is 3.86. The second-order valence-corrected chi connectivity index (χ2v) is 5.58. The molecular weight excluding hydrogens is 330 g/mol. The van der Waals surface area contributed by atoms with Crippen molar-refractivity contribution >= 4 is 29.2 Å². The molecule has 2 rings (SSSR count). The molecule has 0 radical (unpaired) electrons. The van der Waals surface area contributed by atoms with Crippen LogP contribution in [0.5, 0.6) is 5.75 Å². The summed E-state index contributed by atoms with van der Waals surface area (Å²) in [5.41, 5.74) is 0.861. The van der Waals surface area contributed by atoms with Crippen LogP contribution in [-0.4, -0.2) is 30.1 Å². The summed E-state index contributed by atoms with van der Waals surface area (Å²) >= 11 is 5.85. The van der Waals surface area contributed by atoms with Crippen molar-refractivity contribution < 1.29 is 19.4 Å². The Hall–Kier alpha value is -2.53. The Morgan fingerprint density at radius 1 is 1.12 bits per heavy atom. The molecule has 0 bridgehead atoms. The van der Waals surface area contributed by atoms with Gasteiger partial charge in [-0.15, -0.1) is 0 Å². The number of aliphatic carboxylic acids is 1. The fraction of sp³-hybridized carbons (Fsp3) is 0.222. The summed E-state index contributed by atoms with van der Waals surface area (Å²) in [4.78, 5) is 25.8. The number of carboxylic acids is 1. The summed E-state index contributed by atoms with van der Waals surface area (Å²) in [6.07, 6.45) is 0.278. The van der Waals surface area contributed by atoms with E-state index in [1.807, 2.05) is 0 Å². The number of amides is 1. The van der Waals surface area contributed by atoms with Gasteiger partial charge in [0.2, 0.25) is 0 Å². The summed E-state index contributed by atoms with van der Waals surface area (Å²) in [5, 5.41) is 10.0. The maximum absolute atomic E-state index is 12.9. The van der Waals surface area contributed by atoms with E-state index in [1.54, 1.807) is 55.5 Å². The Morgan fingerprint density at radius 3 is 2.17 bits per heavy atom. The van der Waals surface area contributed by atoms with E-state index in [-0.39, 0.29) is 6.42 Å². The van der Waals surface area contributed by atoms with Crippen LogP contribution in [0.3, 0.4) is 0 Å². The third-order valence-corrected chi connectivity index (χ3v) is 3.90. The highest BCUT2D eigenvalue weighted by molar-refractivity contribution is 6.30. The summed E-state index contributed by atoms with van der Waals surface area (Å²) in [7, 11) is 1.54. The average Bonchev–Trinajstić information content (AvgIpc) is 2.59. The molecular formula is C18H18ClNO4. The lowest BCUT2D eigenvalue weighted by molar-refractivity contribution is -0.138. The zero-order chi connectivity index (χ0) is 17.7. The Labute approximate surface area is 145 Å². The first-order valence-electron chi connectivity index (χ1n) is 7.44. The maximum Gasteiger partial charge on any atom is 0.326 e. The number of nitrogens with zero attached hydrogens (tertiary/aromatic N) is 1. The van der Waals surface area contributed by atoms with Crippen LogP contribution in [0.1, 0.15) is 23.7 Å². The summed E-state index contributed by atoms with van der Waals surface area (Å²) in [6, 6.07) is 12.1. The second kappa shape index (κ2) is 7.84. The van der Waals surface area contributed by atoms with Crippen molar-refractivity contribution in [3.63, 3.8) is 0 Å². The van der Waals surface area contributed by atoms with Crippen LogP contribution in [0.15, 0.2) is 48.5 Å². The molecule has 0 aliphatic rings. The van der Waals surface area contributed by atoms with Crippen molar-refractivity contribution in [1.82, 2.24) is 0 Å². The van der Waals surface area contributed by atoms with Gasteiger partial charge in [0.25, 0.3) is 5.91 Å². The number of ether oxygens (including phenoxy) is 1. The number of halogens is 1. The number of carbonyl (C=O) groups excluding carboxylic acids is 1. The minimum absolute atomic E-state index is 0.278. The number of anilines is 1. The average molecular weight is 348 g/mol. The smallest absolute Gasteiger partial charge is 0.326 e. The molecule has 1 unspecified atom stereocenters. The fourth-order valence-electron chi connectivity index (χ4n) is 2.38. The first kappa shape index (κ1) is 17.8. The highest BCUT2D eigenvalue weighted by Crippen LogP contribution is 2.25. The van der Waals surface area contributed by atoms with Gasteiger partial charge in [-0.05, 0) is 55.0 Å². The minimum atomic E-state index is -1.06. The predicted molar refractivity (Wildman–Crippen MR) is 93.0 cm³/mol. The van der Waals surface area contributed by atoms with Gasteiger partial charge in [0.15, 0.2) is 0 Å². The van der Waals surface area contributed by atoms with Crippen LogP contribution >= 0.6 is 11.6 Å². The highest BCUT2D eigenvalue weighted by atomic mass is 35.5. The Balaban J connectivity index is 2.46. The summed E-state index contributed by atoms with van der Waals surface area (Å²) in [6.45, 7) is 1.73. The second-order valence-electron chi connectivity index (χ2n) is 5.14. The van der Waals surface area contributed by atoms with Gasteiger partial charge in [-0.25, -0.2) is 4.79 Å². The van der Waals surface area contributed by atoms with Crippen molar-refractivity contribution in [3.05, 3.63) is 59.1 Å². The minimum Gasteiger partial charge on any atom is -0.497 e. The normalized spacial score (nSPS) is 11.6. The molecule has 0 heterocycles. The van der Waals surface area contributed by atoms with Crippen LogP contribution in [0.25, 0.3) is 0 Å². The largest absolute Gasteiger partial charge is 0.497 e. The molecule has 0 fully saturated rings. The van der Waals surface area contributed by atoms with E-state index >= 15 is 0 Å². The van der Waals surface area contributed by atoms with Gasteiger partial charge in [-0.3, -0.25) is 9.69 Å². The lowest BCUT2D eigenvalue weighted by Crippen LogP contribution is -2.45. The molecule has 0 aliphatic carbocycles. The van der Waals surface area contributed by atoms with Gasteiger partial charge < -0.3 is 9.84 Å².